The van der Waals surface area contributed by atoms with E-state index >= 15 is 0 Å². The minimum atomic E-state index is 0.952. The molecule has 183 valence electrons. The molecule has 3 nitrogen and oxygen atoms in total. The van der Waals surface area contributed by atoms with Gasteiger partial charge in [0.05, 0.1) is 5.69 Å². The molecule has 0 bridgehead atoms. The molecule has 0 aliphatic carbocycles. The molecule has 0 atom stereocenters. The van der Waals surface area contributed by atoms with Crippen molar-refractivity contribution in [3.8, 4) is 0 Å². The molecule has 0 amide bonds. The number of hydrogen-bond acceptors (Lipinski definition) is 2. The summed E-state index contributed by atoms with van der Waals surface area (Å²) < 4.78 is 4.08. The summed E-state index contributed by atoms with van der Waals surface area (Å²) >= 11 is 6.25. The summed E-state index contributed by atoms with van der Waals surface area (Å²) in [4.78, 5) is 9.57. The molecule has 1 aliphatic heterocycles. The van der Waals surface area contributed by atoms with E-state index in [0.717, 1.165) is 52.6 Å². The number of aliphatic hydroxyl groups is 2. The van der Waals surface area contributed by atoms with Crippen LogP contribution < -0.4 is 0 Å². The Hall–Kier alpha value is -2.07. The summed E-state index contributed by atoms with van der Waals surface area (Å²) in [6.07, 6.45) is 5.92. The van der Waals surface area contributed by atoms with Gasteiger partial charge < -0.3 is 9.73 Å². The van der Waals surface area contributed by atoms with Crippen molar-refractivity contribution in [2.75, 3.05) is 13.2 Å². The van der Waals surface area contributed by atoms with Gasteiger partial charge in [0.1, 0.15) is 13.2 Å². The zero-order chi connectivity index (χ0) is 24.9. The van der Waals surface area contributed by atoms with Crippen LogP contribution in [0.25, 0.3) is 0 Å². The molecule has 1 fully saturated rings. The van der Waals surface area contributed by atoms with Crippen molar-refractivity contribution in [2.45, 2.75) is 47.5 Å². The second kappa shape index (κ2) is 15.0. The van der Waals surface area contributed by atoms with E-state index in [0.29, 0.717) is 0 Å². The number of benzene rings is 3. The molecule has 3 aromatic carbocycles. The van der Waals surface area contributed by atoms with Crippen molar-refractivity contribution >= 4 is 37.5 Å². The molecule has 4 rings (SSSR count). The Bertz CT molecular complexity index is 1070. The SMILES string of the molecule is C1CC[OH+]C1.CC(=Nc1c(C)cccc1C)c1ccccc1[C-]=Nc1c(C)cccc1C.[Ni][Br]. The molecular weight excluding hydrogens is 531 g/mol. The van der Waals surface area contributed by atoms with E-state index in [1.54, 1.807) is 0 Å². The Morgan fingerprint density at radius 2 is 1.26 bits per heavy atom. The van der Waals surface area contributed by atoms with Crippen molar-refractivity contribution in [1.29, 1.82) is 0 Å². The van der Waals surface area contributed by atoms with Crippen molar-refractivity contribution in [1.82, 2.24) is 0 Å². The molecule has 0 saturated carbocycles. The monoisotopic (exact) mass is 563 g/mol. The summed E-state index contributed by atoms with van der Waals surface area (Å²) in [5, 5.41) is 0. The Labute approximate surface area is 219 Å². The number of aryl methyl sites for hydroxylation is 4. The number of aliphatic imine (C=N–C) groups is 2. The van der Waals surface area contributed by atoms with Crippen molar-refractivity contribution < 1.29 is 18.4 Å². The molecule has 3 aromatic rings. The normalized spacial score (nSPS) is 13.2. The van der Waals surface area contributed by atoms with Gasteiger partial charge in [-0.3, -0.25) is 4.99 Å². The average molecular weight is 565 g/mol. The molecule has 0 spiro atoms. The fraction of sp³-hybridized carbons (Fsp3) is 0.310. The van der Waals surface area contributed by atoms with Gasteiger partial charge in [-0.2, -0.15) is 0 Å². The van der Waals surface area contributed by atoms with Gasteiger partial charge in [-0.05, 0) is 57.6 Å². The van der Waals surface area contributed by atoms with E-state index in [2.05, 4.69) is 114 Å². The number of para-hydroxylation sites is 2. The van der Waals surface area contributed by atoms with Crippen LogP contribution in [0.4, 0.5) is 11.4 Å². The number of halogens is 1. The summed E-state index contributed by atoms with van der Waals surface area (Å²) in [6, 6.07) is 20.6. The van der Waals surface area contributed by atoms with Gasteiger partial charge >= 0.3 is 27.9 Å². The zero-order valence-electron chi connectivity index (χ0n) is 20.6. The van der Waals surface area contributed by atoms with Crippen LogP contribution in [0.15, 0.2) is 70.6 Å². The van der Waals surface area contributed by atoms with Crippen LogP contribution in [-0.2, 0) is 13.7 Å². The number of rotatable bonds is 4. The van der Waals surface area contributed by atoms with Crippen LogP contribution in [0.1, 0.15) is 53.1 Å². The van der Waals surface area contributed by atoms with Crippen molar-refractivity contribution in [3.05, 3.63) is 94.0 Å². The summed E-state index contributed by atoms with van der Waals surface area (Å²) in [7, 11) is 0. The molecule has 0 aromatic heterocycles. The summed E-state index contributed by atoms with van der Waals surface area (Å²) in [5.74, 6) is 0. The first-order chi connectivity index (χ1) is 16.5. The predicted octanol–water partition coefficient (Wildman–Crippen LogP) is 7.84. The van der Waals surface area contributed by atoms with Gasteiger partial charge in [0.25, 0.3) is 0 Å². The third kappa shape index (κ3) is 8.30. The Kier molecular flexibility index (Phi) is 12.5. The van der Waals surface area contributed by atoms with E-state index in [4.69, 9.17) is 4.99 Å². The second-order valence-electron chi connectivity index (χ2n) is 8.33. The first-order valence-electron chi connectivity index (χ1n) is 11.5. The zero-order valence-corrected chi connectivity index (χ0v) is 23.2. The van der Waals surface area contributed by atoms with Crippen LogP contribution in [0, 0.1) is 27.7 Å². The predicted molar refractivity (Wildman–Crippen MR) is 146 cm³/mol. The van der Waals surface area contributed by atoms with E-state index in [1.807, 2.05) is 25.1 Å². The van der Waals surface area contributed by atoms with E-state index in [9.17, 15) is 0 Å². The quantitative estimate of drug-likeness (QED) is 0.134. The Morgan fingerprint density at radius 3 is 1.76 bits per heavy atom. The van der Waals surface area contributed by atoms with Gasteiger partial charge in [0, 0.05) is 18.6 Å². The number of ether oxygens (including phenoxy) is 1. The molecule has 0 unspecified atom stereocenters. The van der Waals surface area contributed by atoms with Gasteiger partial charge in [0.15, 0.2) is 0 Å². The Balaban J connectivity index is 0.000000507. The topological polar surface area (TPSA) is 37.5 Å². The minimum absolute atomic E-state index is 0.952. The van der Waals surface area contributed by atoms with Crippen LogP contribution in [0.5, 0.6) is 0 Å². The van der Waals surface area contributed by atoms with Crippen LogP contribution >= 0.6 is 14.2 Å². The summed E-state index contributed by atoms with van der Waals surface area (Å²) in [6.45, 7) is 12.6. The van der Waals surface area contributed by atoms with Crippen molar-refractivity contribution in [2.24, 2.45) is 9.98 Å². The fourth-order valence-corrected chi connectivity index (χ4v) is 3.76. The van der Waals surface area contributed by atoms with Gasteiger partial charge in [-0.25, -0.2) is 0 Å². The van der Waals surface area contributed by atoms with Crippen LogP contribution in [0.3, 0.4) is 0 Å². The van der Waals surface area contributed by atoms with Gasteiger partial charge in [-0.1, -0.05) is 65.2 Å². The van der Waals surface area contributed by atoms with Gasteiger partial charge in [0.2, 0.25) is 0 Å². The summed E-state index contributed by atoms with van der Waals surface area (Å²) in [5.41, 5.74) is 9.66. The molecular formula is C29H34BrN2NiO. The third-order valence-corrected chi connectivity index (χ3v) is 5.65. The third-order valence-electron chi connectivity index (χ3n) is 5.65. The van der Waals surface area contributed by atoms with Crippen molar-refractivity contribution in [3.63, 3.8) is 0 Å². The molecule has 0 radical (unpaired) electrons. The molecule has 1 N–H and O–H groups in total. The second-order valence-corrected chi connectivity index (χ2v) is 8.33. The van der Waals surface area contributed by atoms with E-state index in [-0.39, 0.29) is 0 Å². The maximum atomic E-state index is 4.91. The maximum absolute atomic E-state index is 4.91. The van der Waals surface area contributed by atoms with Gasteiger partial charge in [-0.15, -0.1) is 17.7 Å². The molecule has 1 aliphatic rings. The number of hydrogen-bond donors (Lipinski definition) is 0. The fourth-order valence-electron chi connectivity index (χ4n) is 3.76. The van der Waals surface area contributed by atoms with Crippen LogP contribution in [-0.4, -0.2) is 29.9 Å². The first-order valence-corrected chi connectivity index (χ1v) is 13.9. The first kappa shape index (κ1) is 28.2. The van der Waals surface area contributed by atoms with E-state index < -0.39 is 0 Å². The molecule has 1 heterocycles. The Morgan fingerprint density at radius 1 is 0.765 bits per heavy atom. The number of nitrogens with zero attached hydrogens (tertiary/aromatic N) is 2. The molecule has 5 heteroatoms. The molecule has 1 saturated heterocycles. The van der Waals surface area contributed by atoms with E-state index in [1.165, 1.54) is 24.0 Å². The molecule has 34 heavy (non-hydrogen) atoms. The van der Waals surface area contributed by atoms with Crippen LogP contribution in [0.2, 0.25) is 0 Å². The standard InChI is InChI=1S/C25H25N2.C4H8O.BrH.Ni/c1-17-10-8-11-18(2)24(17)26-16-22-14-6-7-15-23(22)21(5)27-25-19(3)12-9-13-20(25)4;1-2-4-5-3-1;;/h6-15H,1-5H3;1-4H2;1H;/q-1;;;+1. The average Bonchev–Trinajstić information content (AvgIpc) is 3.43.